The highest BCUT2D eigenvalue weighted by molar-refractivity contribution is 6.27. The van der Waals surface area contributed by atoms with Gasteiger partial charge in [-0.3, -0.25) is 9.59 Å². The number of nitrogens with two attached hydrogens (primary N) is 1. The van der Waals surface area contributed by atoms with Crippen molar-refractivity contribution in [3.63, 3.8) is 0 Å². The molecule has 1 aromatic rings. The molecule has 9 nitrogen and oxygen atoms in total. The first-order valence-corrected chi connectivity index (χ1v) is 8.94. The number of nitriles is 1. The summed E-state index contributed by atoms with van der Waals surface area (Å²) in [5, 5.41) is 8.66. The summed E-state index contributed by atoms with van der Waals surface area (Å²) in [5.74, 6) is 1.20. The maximum Gasteiger partial charge on any atom is 0.281 e. The highest BCUT2D eigenvalue weighted by atomic mass is 16.1. The molecule has 0 aliphatic carbocycles. The third kappa shape index (κ3) is 5.48. The minimum absolute atomic E-state index is 0.190. The Morgan fingerprint density at radius 1 is 1.29 bits per heavy atom. The van der Waals surface area contributed by atoms with Crippen molar-refractivity contribution >= 4 is 29.8 Å². The van der Waals surface area contributed by atoms with Gasteiger partial charge < -0.3 is 15.5 Å². The van der Waals surface area contributed by atoms with Crippen LogP contribution in [0.4, 0.5) is 5.82 Å². The molecule has 0 atom stereocenters. The van der Waals surface area contributed by atoms with Crippen LogP contribution in [-0.4, -0.2) is 60.1 Å². The van der Waals surface area contributed by atoms with E-state index in [4.69, 9.17) is 11.0 Å². The van der Waals surface area contributed by atoms with Crippen molar-refractivity contribution in [2.24, 2.45) is 15.7 Å². The van der Waals surface area contributed by atoms with Crippen molar-refractivity contribution < 1.29 is 9.59 Å². The predicted molar refractivity (Wildman–Crippen MR) is 107 cm³/mol. The van der Waals surface area contributed by atoms with Gasteiger partial charge in [0, 0.05) is 38.8 Å². The fourth-order valence-electron chi connectivity index (χ4n) is 2.56. The molecule has 0 unspecified atom stereocenters. The lowest BCUT2D eigenvalue weighted by molar-refractivity contribution is -0.118. The van der Waals surface area contributed by atoms with Crippen molar-refractivity contribution in [1.82, 2.24) is 9.88 Å². The SMILES string of the molecule is C=C1C(=O)N=C(CCC)N=C1N.N#Cc1ccc(N2CCN(C=O)CC2)nc1. The molecule has 2 amide bonds. The number of pyridine rings is 1. The zero-order valence-electron chi connectivity index (χ0n) is 15.8. The lowest BCUT2D eigenvalue weighted by Crippen LogP contribution is -2.46. The van der Waals surface area contributed by atoms with Crippen LogP contribution in [-0.2, 0) is 9.59 Å². The molecule has 0 spiro atoms. The van der Waals surface area contributed by atoms with Crippen LogP contribution in [0.3, 0.4) is 0 Å². The molecule has 0 aromatic carbocycles. The van der Waals surface area contributed by atoms with Gasteiger partial charge in [-0.25, -0.2) is 9.98 Å². The summed E-state index contributed by atoms with van der Waals surface area (Å²) >= 11 is 0. The molecule has 1 aromatic heterocycles. The van der Waals surface area contributed by atoms with Gasteiger partial charge in [-0.2, -0.15) is 10.3 Å². The third-order valence-corrected chi connectivity index (χ3v) is 4.19. The van der Waals surface area contributed by atoms with E-state index in [0.717, 1.165) is 44.8 Å². The lowest BCUT2D eigenvalue weighted by atomic mass is 10.2. The van der Waals surface area contributed by atoms with Gasteiger partial charge in [-0.15, -0.1) is 0 Å². The summed E-state index contributed by atoms with van der Waals surface area (Å²) in [7, 11) is 0. The molecule has 146 valence electrons. The molecule has 3 heterocycles. The van der Waals surface area contributed by atoms with Crippen LogP contribution in [0, 0.1) is 11.3 Å². The molecular weight excluding hydrogens is 358 g/mol. The van der Waals surface area contributed by atoms with E-state index in [-0.39, 0.29) is 17.3 Å². The van der Waals surface area contributed by atoms with Crippen LogP contribution in [0.1, 0.15) is 25.3 Å². The minimum Gasteiger partial charge on any atom is -0.383 e. The first-order valence-electron chi connectivity index (χ1n) is 8.94. The average Bonchev–Trinajstić information content (AvgIpc) is 2.73. The van der Waals surface area contributed by atoms with Crippen LogP contribution >= 0.6 is 0 Å². The molecule has 28 heavy (non-hydrogen) atoms. The fraction of sp³-hybridized carbons (Fsp3) is 0.368. The first kappa shape index (κ1) is 20.8. The Kier molecular flexibility index (Phi) is 7.39. The molecule has 0 radical (unpaired) electrons. The van der Waals surface area contributed by atoms with Crippen molar-refractivity contribution in [2.45, 2.75) is 19.8 Å². The number of carbonyl (C=O) groups is 2. The highest BCUT2D eigenvalue weighted by Crippen LogP contribution is 2.13. The average molecular weight is 381 g/mol. The maximum absolute atomic E-state index is 11.0. The molecule has 2 aliphatic heterocycles. The topological polar surface area (TPSA) is 128 Å². The molecule has 3 rings (SSSR count). The number of nitrogens with zero attached hydrogens (tertiary/aromatic N) is 6. The Labute approximate surface area is 163 Å². The summed E-state index contributed by atoms with van der Waals surface area (Å²) in [6.45, 7) is 8.48. The van der Waals surface area contributed by atoms with E-state index in [9.17, 15) is 9.59 Å². The summed E-state index contributed by atoms with van der Waals surface area (Å²) in [6, 6.07) is 5.64. The first-order chi connectivity index (χ1) is 13.5. The number of hydrogen-bond donors (Lipinski definition) is 1. The second-order valence-electron chi connectivity index (χ2n) is 6.20. The molecule has 0 saturated carbocycles. The van der Waals surface area contributed by atoms with Crippen LogP contribution in [0.5, 0.6) is 0 Å². The van der Waals surface area contributed by atoms with Crippen LogP contribution < -0.4 is 10.6 Å². The zero-order valence-corrected chi connectivity index (χ0v) is 15.8. The summed E-state index contributed by atoms with van der Waals surface area (Å²) < 4.78 is 0. The number of aliphatic imine (C=N–C) groups is 2. The van der Waals surface area contributed by atoms with Crippen molar-refractivity contribution in [3.8, 4) is 6.07 Å². The standard InChI is InChI=1S/C11H12N4O.C8H11N3O/c12-7-10-1-2-11(13-8-10)15-5-3-14(9-16)4-6-15;1-3-4-6-10-7(9)5(2)8(12)11-6/h1-2,8-9H,3-6H2;2-4H2,1H3,(H2,9,10,11,12). The Hall–Kier alpha value is -3.54. The number of amides is 2. The number of anilines is 1. The Bertz CT molecular complexity index is 829. The fourth-order valence-corrected chi connectivity index (χ4v) is 2.56. The van der Waals surface area contributed by atoms with Gasteiger partial charge in [0.15, 0.2) is 0 Å². The van der Waals surface area contributed by atoms with Crippen LogP contribution in [0.15, 0.2) is 40.5 Å². The second-order valence-corrected chi connectivity index (χ2v) is 6.20. The van der Waals surface area contributed by atoms with E-state index in [1.54, 1.807) is 17.2 Å². The minimum atomic E-state index is -0.369. The molecule has 9 heteroatoms. The largest absolute Gasteiger partial charge is 0.383 e. The van der Waals surface area contributed by atoms with E-state index >= 15 is 0 Å². The number of rotatable bonds is 4. The Morgan fingerprint density at radius 2 is 2.00 bits per heavy atom. The van der Waals surface area contributed by atoms with E-state index in [1.165, 1.54) is 0 Å². The maximum atomic E-state index is 11.0. The van der Waals surface area contributed by atoms with Gasteiger partial charge in [-0.05, 0) is 18.6 Å². The molecule has 2 N–H and O–H groups in total. The normalized spacial score (nSPS) is 16.4. The number of piperazine rings is 1. The number of hydrogen-bond acceptors (Lipinski definition) is 7. The van der Waals surface area contributed by atoms with E-state index < -0.39 is 0 Å². The van der Waals surface area contributed by atoms with Crippen LogP contribution in [0.25, 0.3) is 0 Å². The molecule has 2 aliphatic rings. The van der Waals surface area contributed by atoms with Crippen LogP contribution in [0.2, 0.25) is 0 Å². The molecule has 1 saturated heterocycles. The number of aromatic nitrogens is 1. The Balaban J connectivity index is 0.000000209. The van der Waals surface area contributed by atoms with Gasteiger partial charge in [0.25, 0.3) is 5.91 Å². The summed E-state index contributed by atoms with van der Waals surface area (Å²) in [5.41, 5.74) is 6.19. The molecule has 1 fully saturated rings. The van der Waals surface area contributed by atoms with Crippen molar-refractivity contribution in [3.05, 3.63) is 36.0 Å². The zero-order chi connectivity index (χ0) is 20.5. The Morgan fingerprint density at radius 3 is 2.50 bits per heavy atom. The van der Waals surface area contributed by atoms with E-state index in [2.05, 4.69) is 26.4 Å². The lowest BCUT2D eigenvalue weighted by Gasteiger charge is -2.33. The summed E-state index contributed by atoms with van der Waals surface area (Å²) in [4.78, 5) is 37.3. The highest BCUT2D eigenvalue weighted by Gasteiger charge is 2.17. The smallest absolute Gasteiger partial charge is 0.281 e. The van der Waals surface area contributed by atoms with Gasteiger partial charge in [0.05, 0.1) is 11.1 Å². The number of carbonyl (C=O) groups excluding carboxylic acids is 2. The second kappa shape index (κ2) is 9.97. The van der Waals surface area contributed by atoms with Gasteiger partial charge >= 0.3 is 0 Å². The van der Waals surface area contributed by atoms with Crippen molar-refractivity contribution in [1.29, 1.82) is 5.26 Å². The van der Waals surface area contributed by atoms with E-state index in [0.29, 0.717) is 17.8 Å². The van der Waals surface area contributed by atoms with E-state index in [1.807, 2.05) is 19.1 Å². The third-order valence-electron chi connectivity index (χ3n) is 4.19. The number of amidine groups is 2. The summed E-state index contributed by atoms with van der Waals surface area (Å²) in [6.07, 6.45) is 4.03. The predicted octanol–water partition coefficient (Wildman–Crippen LogP) is 0.870. The van der Waals surface area contributed by atoms with Gasteiger partial charge in [0.1, 0.15) is 23.6 Å². The van der Waals surface area contributed by atoms with Gasteiger partial charge in [0.2, 0.25) is 6.41 Å². The quantitative estimate of drug-likeness (QED) is 0.609. The molecular formula is C19H23N7O2. The monoisotopic (exact) mass is 381 g/mol. The molecule has 0 bridgehead atoms. The van der Waals surface area contributed by atoms with Crippen molar-refractivity contribution in [2.75, 3.05) is 31.1 Å². The van der Waals surface area contributed by atoms with Gasteiger partial charge in [-0.1, -0.05) is 13.5 Å².